The van der Waals surface area contributed by atoms with Gasteiger partial charge in [-0.25, -0.2) is 4.79 Å². The van der Waals surface area contributed by atoms with Gasteiger partial charge in [0, 0.05) is 24.5 Å². The lowest BCUT2D eigenvalue weighted by molar-refractivity contribution is 0.0594. The molecular formula is C29H27NO2S. The molecule has 33 heavy (non-hydrogen) atoms. The van der Waals surface area contributed by atoms with Gasteiger partial charge in [-0.15, -0.1) is 11.8 Å². The van der Waals surface area contributed by atoms with Crippen LogP contribution in [0, 0.1) is 0 Å². The van der Waals surface area contributed by atoms with Crippen LogP contribution in [0.2, 0.25) is 0 Å². The molecule has 0 N–H and O–H groups in total. The van der Waals surface area contributed by atoms with Gasteiger partial charge in [0.05, 0.1) is 12.7 Å². The Morgan fingerprint density at radius 3 is 2.48 bits per heavy atom. The molecule has 166 valence electrons. The van der Waals surface area contributed by atoms with E-state index in [4.69, 9.17) is 4.74 Å². The highest BCUT2D eigenvalue weighted by Crippen LogP contribution is 2.40. The average molecular weight is 454 g/mol. The second-order valence-electron chi connectivity index (χ2n) is 8.42. The number of ether oxygens (including phenoxy) is 1. The Labute approximate surface area is 199 Å². The highest BCUT2D eigenvalue weighted by Gasteiger charge is 2.28. The summed E-state index contributed by atoms with van der Waals surface area (Å²) in [4.78, 5) is 16.3. The zero-order chi connectivity index (χ0) is 22.8. The number of carbonyl (C=O) groups is 1. The van der Waals surface area contributed by atoms with E-state index in [-0.39, 0.29) is 5.97 Å². The van der Waals surface area contributed by atoms with Gasteiger partial charge in [-0.05, 0) is 57.3 Å². The number of benzene rings is 4. The van der Waals surface area contributed by atoms with Gasteiger partial charge in [-0.3, -0.25) is 4.90 Å². The molecule has 4 aromatic carbocycles. The van der Waals surface area contributed by atoms with E-state index in [0.29, 0.717) is 0 Å². The molecule has 5 rings (SSSR count). The van der Waals surface area contributed by atoms with Gasteiger partial charge in [0.1, 0.15) is 0 Å². The van der Waals surface area contributed by atoms with Crippen LogP contribution in [0.4, 0.5) is 0 Å². The summed E-state index contributed by atoms with van der Waals surface area (Å²) < 4.78 is 5.22. The van der Waals surface area contributed by atoms with E-state index >= 15 is 0 Å². The molecule has 4 aromatic rings. The van der Waals surface area contributed by atoms with Crippen LogP contribution in [0.25, 0.3) is 21.9 Å². The summed E-state index contributed by atoms with van der Waals surface area (Å²) in [7, 11) is 1.47. The van der Waals surface area contributed by atoms with Crippen LogP contribution >= 0.6 is 11.8 Å². The van der Waals surface area contributed by atoms with Crippen molar-refractivity contribution in [3.8, 4) is 11.1 Å². The second kappa shape index (κ2) is 9.42. The van der Waals surface area contributed by atoms with Crippen molar-refractivity contribution in [3.05, 3.63) is 101 Å². The Hall–Kier alpha value is -3.08. The summed E-state index contributed by atoms with van der Waals surface area (Å²) in [5.74, 6) is -0.239. The third kappa shape index (κ3) is 4.17. The SMILES string of the molecule is COC(=O)c1c(SC)cc(-c2cccc3ccccc23)c2c1CCN(Cc1ccccc1)C2. The molecule has 0 saturated heterocycles. The van der Waals surface area contributed by atoms with Crippen molar-refractivity contribution in [2.24, 2.45) is 0 Å². The van der Waals surface area contributed by atoms with Crippen molar-refractivity contribution in [1.82, 2.24) is 4.90 Å². The number of hydrogen-bond acceptors (Lipinski definition) is 4. The molecule has 0 atom stereocenters. The third-order valence-electron chi connectivity index (χ3n) is 6.51. The molecule has 0 bridgehead atoms. The Morgan fingerprint density at radius 1 is 0.939 bits per heavy atom. The van der Waals surface area contributed by atoms with Crippen LogP contribution < -0.4 is 0 Å². The van der Waals surface area contributed by atoms with Crippen molar-refractivity contribution in [2.45, 2.75) is 24.4 Å². The zero-order valence-corrected chi connectivity index (χ0v) is 19.8. The van der Waals surface area contributed by atoms with Gasteiger partial charge in [0.25, 0.3) is 0 Å². The number of thioether (sulfide) groups is 1. The maximum atomic E-state index is 12.8. The zero-order valence-electron chi connectivity index (χ0n) is 19.0. The largest absolute Gasteiger partial charge is 0.465 e. The molecular weight excluding hydrogens is 426 g/mol. The van der Waals surface area contributed by atoms with E-state index in [1.165, 1.54) is 40.1 Å². The van der Waals surface area contributed by atoms with E-state index < -0.39 is 0 Å². The molecule has 1 aliphatic heterocycles. The molecule has 1 heterocycles. The third-order valence-corrected chi connectivity index (χ3v) is 7.27. The molecule has 0 amide bonds. The first-order valence-electron chi connectivity index (χ1n) is 11.2. The van der Waals surface area contributed by atoms with E-state index in [0.717, 1.165) is 42.1 Å². The smallest absolute Gasteiger partial charge is 0.339 e. The lowest BCUT2D eigenvalue weighted by Gasteiger charge is -2.32. The van der Waals surface area contributed by atoms with Crippen molar-refractivity contribution in [1.29, 1.82) is 0 Å². The van der Waals surface area contributed by atoms with E-state index in [2.05, 4.69) is 83.8 Å². The molecule has 3 nitrogen and oxygen atoms in total. The Bertz CT molecular complexity index is 1310. The fraction of sp³-hybridized carbons (Fsp3) is 0.207. The van der Waals surface area contributed by atoms with Crippen LogP contribution in [0.5, 0.6) is 0 Å². The van der Waals surface area contributed by atoms with Crippen molar-refractivity contribution in [2.75, 3.05) is 19.9 Å². The fourth-order valence-corrected chi connectivity index (χ4v) is 5.59. The Balaban J connectivity index is 1.69. The Kier molecular flexibility index (Phi) is 6.21. The average Bonchev–Trinajstić information content (AvgIpc) is 2.87. The summed E-state index contributed by atoms with van der Waals surface area (Å²) in [5.41, 5.74) is 6.87. The summed E-state index contributed by atoms with van der Waals surface area (Å²) in [6.45, 7) is 2.62. The summed E-state index contributed by atoms with van der Waals surface area (Å²) >= 11 is 1.62. The summed E-state index contributed by atoms with van der Waals surface area (Å²) in [6.07, 6.45) is 2.87. The monoisotopic (exact) mass is 453 g/mol. The minimum absolute atomic E-state index is 0.239. The Morgan fingerprint density at radius 2 is 1.70 bits per heavy atom. The van der Waals surface area contributed by atoms with Crippen LogP contribution in [0.1, 0.15) is 27.0 Å². The molecule has 0 fully saturated rings. The topological polar surface area (TPSA) is 29.5 Å². The van der Waals surface area contributed by atoms with Crippen molar-refractivity contribution >= 4 is 28.5 Å². The van der Waals surface area contributed by atoms with Crippen molar-refractivity contribution < 1.29 is 9.53 Å². The maximum Gasteiger partial charge on any atom is 0.339 e. The molecule has 0 saturated carbocycles. The summed E-state index contributed by atoms with van der Waals surface area (Å²) in [6, 6.07) is 27.8. The lowest BCUT2D eigenvalue weighted by Crippen LogP contribution is -2.32. The highest BCUT2D eigenvalue weighted by atomic mass is 32.2. The fourth-order valence-electron chi connectivity index (χ4n) is 4.95. The van der Waals surface area contributed by atoms with Crippen molar-refractivity contribution in [3.63, 3.8) is 0 Å². The van der Waals surface area contributed by atoms with Gasteiger partial charge in [-0.1, -0.05) is 72.8 Å². The van der Waals surface area contributed by atoms with Crippen LogP contribution in [-0.4, -0.2) is 30.8 Å². The van der Waals surface area contributed by atoms with Gasteiger partial charge in [0.15, 0.2) is 0 Å². The number of carbonyl (C=O) groups excluding carboxylic acids is 1. The summed E-state index contributed by atoms with van der Waals surface area (Å²) in [5, 5.41) is 2.46. The molecule has 0 radical (unpaired) electrons. The minimum Gasteiger partial charge on any atom is -0.465 e. The maximum absolute atomic E-state index is 12.8. The standard InChI is InChI=1S/C29H27NO2S/c1-32-29(31)28-24-15-16-30(18-20-9-4-3-5-10-20)19-26(24)25(17-27(28)33-2)23-14-8-12-21-11-6-7-13-22(21)23/h3-14,17H,15-16,18-19H2,1-2H3. The van der Waals surface area contributed by atoms with Gasteiger partial charge in [-0.2, -0.15) is 0 Å². The van der Waals surface area contributed by atoms with E-state index in [1.54, 1.807) is 11.8 Å². The predicted molar refractivity (Wildman–Crippen MR) is 137 cm³/mol. The normalized spacial score (nSPS) is 13.6. The van der Waals surface area contributed by atoms with Crippen LogP contribution in [0.3, 0.4) is 0 Å². The predicted octanol–water partition coefficient (Wildman–Crippen LogP) is 6.57. The molecule has 0 aliphatic carbocycles. The first-order chi connectivity index (χ1) is 16.2. The molecule has 1 aliphatic rings. The minimum atomic E-state index is -0.239. The molecule has 0 spiro atoms. The van der Waals surface area contributed by atoms with Crippen LogP contribution in [-0.2, 0) is 24.2 Å². The number of hydrogen-bond donors (Lipinski definition) is 0. The van der Waals surface area contributed by atoms with Gasteiger partial charge in [0.2, 0.25) is 0 Å². The number of rotatable bonds is 5. The van der Waals surface area contributed by atoms with Gasteiger partial charge >= 0.3 is 5.97 Å². The molecule has 0 aromatic heterocycles. The number of fused-ring (bicyclic) bond motifs is 2. The first kappa shape index (κ1) is 21.7. The van der Waals surface area contributed by atoms with Gasteiger partial charge < -0.3 is 4.74 Å². The van der Waals surface area contributed by atoms with E-state index in [9.17, 15) is 4.79 Å². The molecule has 0 unspecified atom stereocenters. The molecule has 4 heteroatoms. The number of nitrogens with zero attached hydrogens (tertiary/aromatic N) is 1. The van der Waals surface area contributed by atoms with E-state index in [1.807, 2.05) is 6.26 Å². The first-order valence-corrected chi connectivity index (χ1v) is 12.5. The number of methoxy groups -OCH3 is 1. The second-order valence-corrected chi connectivity index (χ2v) is 9.27. The number of esters is 1. The quantitative estimate of drug-likeness (QED) is 0.252. The highest BCUT2D eigenvalue weighted by molar-refractivity contribution is 7.98. The van der Waals surface area contributed by atoms with Crippen LogP contribution in [0.15, 0.2) is 83.8 Å². The lowest BCUT2D eigenvalue weighted by atomic mass is 9.86.